The van der Waals surface area contributed by atoms with Crippen molar-refractivity contribution in [3.63, 3.8) is 0 Å². The van der Waals surface area contributed by atoms with E-state index >= 15 is 0 Å². The van der Waals surface area contributed by atoms with Crippen LogP contribution in [0, 0.1) is 5.82 Å². The molecule has 0 aliphatic heterocycles. The summed E-state index contributed by atoms with van der Waals surface area (Å²) in [6.45, 7) is 1.02. The Balaban J connectivity index is 2.00. The number of nitrogens with one attached hydrogen (secondary N) is 1. The Labute approximate surface area is 209 Å². The summed E-state index contributed by atoms with van der Waals surface area (Å²) in [4.78, 5) is 27.1. The minimum Gasteiger partial charge on any atom is -0.357 e. The van der Waals surface area contributed by atoms with Gasteiger partial charge in [0.05, 0.1) is 10.6 Å². The van der Waals surface area contributed by atoms with E-state index in [0.29, 0.717) is 10.6 Å². The maximum Gasteiger partial charge on any atom is 0.264 e. The normalized spacial score (nSPS) is 12.0. The zero-order chi connectivity index (χ0) is 25.6. The molecule has 1 N–H and O–H groups in total. The number of benzene rings is 3. The summed E-state index contributed by atoms with van der Waals surface area (Å²) >= 11 is 6.08. The number of halogens is 2. The highest BCUT2D eigenvalue weighted by atomic mass is 35.5. The highest BCUT2D eigenvalue weighted by molar-refractivity contribution is 7.92. The number of sulfonamides is 1. The Kier molecular flexibility index (Phi) is 8.48. The SMILES string of the molecule is CNC(=O)[C@@H](C)N(Cc1cccc(Cl)c1)C(=O)CN(c1ccccc1)S(=O)(=O)c1ccc(F)cc1. The summed E-state index contributed by atoms with van der Waals surface area (Å²) in [7, 11) is -2.78. The van der Waals surface area contributed by atoms with E-state index in [9.17, 15) is 22.4 Å². The van der Waals surface area contributed by atoms with Crippen molar-refractivity contribution in [2.45, 2.75) is 24.4 Å². The van der Waals surface area contributed by atoms with Crippen molar-refractivity contribution >= 4 is 39.1 Å². The van der Waals surface area contributed by atoms with E-state index in [4.69, 9.17) is 11.6 Å². The van der Waals surface area contributed by atoms with E-state index in [1.807, 2.05) is 0 Å². The predicted molar refractivity (Wildman–Crippen MR) is 133 cm³/mol. The summed E-state index contributed by atoms with van der Waals surface area (Å²) in [5.74, 6) is -1.60. The molecule has 0 aromatic heterocycles. The summed E-state index contributed by atoms with van der Waals surface area (Å²) in [5.41, 5.74) is 0.926. The fourth-order valence-electron chi connectivity index (χ4n) is 3.48. The van der Waals surface area contributed by atoms with Crippen molar-refractivity contribution in [2.24, 2.45) is 0 Å². The molecule has 0 aliphatic rings. The molecule has 0 fully saturated rings. The number of rotatable bonds is 9. The Morgan fingerprint density at radius 3 is 2.26 bits per heavy atom. The highest BCUT2D eigenvalue weighted by Gasteiger charge is 2.32. The molecule has 1 atom stereocenters. The van der Waals surface area contributed by atoms with Gasteiger partial charge in [0.2, 0.25) is 11.8 Å². The molecule has 0 heterocycles. The van der Waals surface area contributed by atoms with Gasteiger partial charge in [0.15, 0.2) is 0 Å². The van der Waals surface area contributed by atoms with Gasteiger partial charge in [0, 0.05) is 18.6 Å². The molecule has 35 heavy (non-hydrogen) atoms. The molecule has 0 saturated heterocycles. The Hall–Kier alpha value is -3.43. The van der Waals surface area contributed by atoms with Crippen LogP contribution < -0.4 is 9.62 Å². The van der Waals surface area contributed by atoms with E-state index in [1.165, 1.54) is 11.9 Å². The van der Waals surface area contributed by atoms with Crippen molar-refractivity contribution < 1.29 is 22.4 Å². The number of nitrogens with zero attached hydrogens (tertiary/aromatic N) is 2. The van der Waals surface area contributed by atoms with E-state index in [2.05, 4.69) is 5.32 Å². The van der Waals surface area contributed by atoms with Gasteiger partial charge in [-0.15, -0.1) is 0 Å². The second-order valence-electron chi connectivity index (χ2n) is 7.74. The first-order valence-corrected chi connectivity index (χ1v) is 12.5. The lowest BCUT2D eigenvalue weighted by Crippen LogP contribution is -2.50. The number of hydrogen-bond acceptors (Lipinski definition) is 4. The van der Waals surface area contributed by atoms with Crippen LogP contribution in [0.1, 0.15) is 12.5 Å². The Morgan fingerprint density at radius 1 is 1.00 bits per heavy atom. The highest BCUT2D eigenvalue weighted by Crippen LogP contribution is 2.24. The minimum atomic E-state index is -4.23. The van der Waals surface area contributed by atoms with Gasteiger partial charge in [-0.3, -0.25) is 13.9 Å². The number of anilines is 1. The van der Waals surface area contributed by atoms with Gasteiger partial charge in [-0.05, 0) is 61.0 Å². The fourth-order valence-corrected chi connectivity index (χ4v) is 5.11. The fraction of sp³-hybridized carbons (Fsp3) is 0.200. The predicted octanol–water partition coefficient (Wildman–Crippen LogP) is 3.84. The molecule has 0 bridgehead atoms. The second-order valence-corrected chi connectivity index (χ2v) is 10.0. The van der Waals surface area contributed by atoms with E-state index < -0.39 is 40.2 Å². The zero-order valence-electron chi connectivity index (χ0n) is 19.2. The van der Waals surface area contributed by atoms with Crippen LogP contribution in [0.25, 0.3) is 0 Å². The van der Waals surface area contributed by atoms with E-state index in [1.54, 1.807) is 61.5 Å². The smallest absolute Gasteiger partial charge is 0.264 e. The maximum atomic E-state index is 13.6. The van der Waals surface area contributed by atoms with Gasteiger partial charge in [0.1, 0.15) is 18.4 Å². The van der Waals surface area contributed by atoms with Gasteiger partial charge in [-0.25, -0.2) is 12.8 Å². The molecule has 0 unspecified atom stereocenters. The molecule has 0 saturated carbocycles. The lowest BCUT2D eigenvalue weighted by molar-refractivity contribution is -0.139. The van der Waals surface area contributed by atoms with Crippen LogP contribution in [0.15, 0.2) is 83.8 Å². The molecule has 10 heteroatoms. The number of carbonyl (C=O) groups is 2. The minimum absolute atomic E-state index is 0.0349. The van der Waals surface area contributed by atoms with Gasteiger partial charge in [-0.1, -0.05) is 41.9 Å². The first kappa shape index (κ1) is 26.2. The van der Waals surface area contributed by atoms with Crippen LogP contribution in [0.2, 0.25) is 5.02 Å². The molecule has 2 amide bonds. The van der Waals surface area contributed by atoms with Crippen molar-refractivity contribution in [3.8, 4) is 0 Å². The molecule has 0 spiro atoms. The number of carbonyl (C=O) groups excluding carboxylic acids is 2. The maximum absolute atomic E-state index is 13.6. The molecule has 3 rings (SSSR count). The molecule has 3 aromatic carbocycles. The second kappa shape index (κ2) is 11.3. The van der Waals surface area contributed by atoms with Crippen LogP contribution in [-0.2, 0) is 26.2 Å². The van der Waals surface area contributed by atoms with Gasteiger partial charge >= 0.3 is 0 Å². The average Bonchev–Trinajstić information content (AvgIpc) is 2.85. The van der Waals surface area contributed by atoms with E-state index in [0.717, 1.165) is 28.6 Å². The third kappa shape index (κ3) is 6.37. The molecule has 3 aromatic rings. The summed E-state index contributed by atoms with van der Waals surface area (Å²) < 4.78 is 41.4. The summed E-state index contributed by atoms with van der Waals surface area (Å²) in [5, 5.41) is 2.98. The molecule has 0 radical (unpaired) electrons. The topological polar surface area (TPSA) is 86.8 Å². The third-order valence-electron chi connectivity index (χ3n) is 5.38. The van der Waals surface area contributed by atoms with Gasteiger partial charge in [-0.2, -0.15) is 0 Å². The van der Waals surface area contributed by atoms with Gasteiger partial charge in [0.25, 0.3) is 10.0 Å². The van der Waals surface area contributed by atoms with Crippen molar-refractivity contribution in [2.75, 3.05) is 17.9 Å². The van der Waals surface area contributed by atoms with Crippen LogP contribution in [0.5, 0.6) is 0 Å². The monoisotopic (exact) mass is 517 g/mol. The first-order chi connectivity index (χ1) is 16.6. The van der Waals surface area contributed by atoms with Crippen molar-refractivity contribution in [1.82, 2.24) is 10.2 Å². The Morgan fingerprint density at radius 2 is 1.66 bits per heavy atom. The lowest BCUT2D eigenvalue weighted by Gasteiger charge is -2.31. The quantitative estimate of drug-likeness (QED) is 0.467. The Bertz CT molecular complexity index is 1290. The van der Waals surface area contributed by atoms with Crippen LogP contribution >= 0.6 is 11.6 Å². The molecular formula is C25H25ClFN3O4S. The van der Waals surface area contributed by atoms with E-state index in [-0.39, 0.29) is 17.1 Å². The molecule has 0 aliphatic carbocycles. The van der Waals surface area contributed by atoms with Crippen molar-refractivity contribution in [3.05, 3.63) is 95.3 Å². The lowest BCUT2D eigenvalue weighted by atomic mass is 10.1. The third-order valence-corrected chi connectivity index (χ3v) is 7.40. The van der Waals surface area contributed by atoms with Crippen LogP contribution in [-0.4, -0.2) is 44.8 Å². The number of hydrogen-bond donors (Lipinski definition) is 1. The van der Waals surface area contributed by atoms with Crippen molar-refractivity contribution in [1.29, 1.82) is 0 Å². The summed E-state index contributed by atoms with van der Waals surface area (Å²) in [6.07, 6.45) is 0. The molecular weight excluding hydrogens is 493 g/mol. The standard InChI is InChI=1S/C25H25ClFN3O4S/c1-18(25(32)28-2)29(16-19-7-6-8-20(26)15-19)24(31)17-30(22-9-4-3-5-10-22)35(33,34)23-13-11-21(27)12-14-23/h3-15,18H,16-17H2,1-2H3,(H,28,32)/t18-/m1/s1. The molecule has 7 nitrogen and oxygen atoms in total. The summed E-state index contributed by atoms with van der Waals surface area (Å²) in [6, 6.07) is 18.4. The first-order valence-electron chi connectivity index (χ1n) is 10.7. The number of para-hydroxylation sites is 1. The number of likely N-dealkylation sites (N-methyl/N-ethyl adjacent to an activating group) is 1. The van der Waals surface area contributed by atoms with Crippen LogP contribution in [0.4, 0.5) is 10.1 Å². The largest absolute Gasteiger partial charge is 0.357 e. The number of amides is 2. The molecule has 184 valence electrons. The van der Waals surface area contributed by atoms with Gasteiger partial charge < -0.3 is 10.2 Å². The van der Waals surface area contributed by atoms with Crippen LogP contribution in [0.3, 0.4) is 0 Å². The average molecular weight is 518 g/mol. The zero-order valence-corrected chi connectivity index (χ0v) is 20.8.